The number of anilines is 1. The maximum absolute atomic E-state index is 13.4. The molecule has 0 unspecified atom stereocenters. The summed E-state index contributed by atoms with van der Waals surface area (Å²) in [5.41, 5.74) is -0.639. The first-order chi connectivity index (χ1) is 16.2. The molecule has 0 bridgehead atoms. The van der Waals surface area contributed by atoms with Crippen LogP contribution < -0.4 is 9.62 Å². The van der Waals surface area contributed by atoms with Crippen molar-refractivity contribution in [2.75, 3.05) is 17.1 Å². The zero-order chi connectivity index (χ0) is 26.4. The van der Waals surface area contributed by atoms with Crippen LogP contribution in [0.4, 0.5) is 18.9 Å². The van der Waals surface area contributed by atoms with Crippen molar-refractivity contribution in [2.45, 2.75) is 52.0 Å². The summed E-state index contributed by atoms with van der Waals surface area (Å²) in [6.07, 6.45) is -3.21. The van der Waals surface area contributed by atoms with Crippen LogP contribution in [0.25, 0.3) is 0 Å². The summed E-state index contributed by atoms with van der Waals surface area (Å²) in [6.45, 7) is 4.46. The first-order valence-electron chi connectivity index (χ1n) is 11.0. The maximum atomic E-state index is 13.4. The predicted molar refractivity (Wildman–Crippen MR) is 128 cm³/mol. The Bertz CT molecular complexity index is 1120. The normalized spacial score (nSPS) is 13.6. The molecule has 2 aromatic carbocycles. The number of halogens is 3. The van der Waals surface area contributed by atoms with Crippen molar-refractivity contribution in [2.24, 2.45) is 0 Å². The molecule has 0 aliphatic rings. The highest BCUT2D eigenvalue weighted by molar-refractivity contribution is 7.92. The number of hydrogen-bond acceptors (Lipinski definition) is 4. The first kappa shape index (κ1) is 28.2. The third-order valence-corrected chi connectivity index (χ3v) is 6.65. The van der Waals surface area contributed by atoms with Gasteiger partial charge in [-0.2, -0.15) is 13.2 Å². The van der Waals surface area contributed by atoms with Crippen LogP contribution >= 0.6 is 0 Å². The summed E-state index contributed by atoms with van der Waals surface area (Å²) in [5.74, 6) is -1.16. The van der Waals surface area contributed by atoms with Crippen molar-refractivity contribution >= 4 is 27.5 Å². The van der Waals surface area contributed by atoms with Gasteiger partial charge in [0, 0.05) is 12.6 Å². The molecule has 2 amide bonds. The van der Waals surface area contributed by atoms with Crippen LogP contribution in [0.3, 0.4) is 0 Å². The number of alkyl halides is 3. The molecule has 0 saturated heterocycles. The molecular formula is C24H30F3N3O4S. The number of carbonyl (C=O) groups is 2. The molecule has 192 valence electrons. The molecule has 0 spiro atoms. The molecule has 0 saturated carbocycles. The fourth-order valence-electron chi connectivity index (χ4n) is 3.28. The third kappa shape index (κ3) is 7.98. The minimum absolute atomic E-state index is 0.00889. The molecule has 35 heavy (non-hydrogen) atoms. The summed E-state index contributed by atoms with van der Waals surface area (Å²) in [7, 11) is -4.13. The fraction of sp³-hybridized carbons (Fsp3) is 0.417. The van der Waals surface area contributed by atoms with Crippen LogP contribution in [0.5, 0.6) is 0 Å². The van der Waals surface area contributed by atoms with Crippen molar-refractivity contribution in [3.8, 4) is 0 Å². The molecule has 0 aliphatic carbocycles. The summed E-state index contributed by atoms with van der Waals surface area (Å²) in [5, 5.41) is 2.80. The van der Waals surface area contributed by atoms with Gasteiger partial charge in [-0.1, -0.05) is 43.3 Å². The molecule has 2 atom stereocenters. The second kappa shape index (κ2) is 11.6. The molecule has 0 aromatic heterocycles. The molecule has 0 heterocycles. The van der Waals surface area contributed by atoms with Gasteiger partial charge in [-0.3, -0.25) is 13.9 Å². The number of nitrogens with zero attached hydrogens (tertiary/aromatic N) is 2. The molecule has 1 N–H and O–H groups in total. The number of rotatable bonds is 10. The second-order valence-electron chi connectivity index (χ2n) is 8.32. The van der Waals surface area contributed by atoms with Gasteiger partial charge in [0.25, 0.3) is 0 Å². The lowest BCUT2D eigenvalue weighted by atomic mass is 10.1. The van der Waals surface area contributed by atoms with Crippen LogP contribution in [0, 0.1) is 0 Å². The highest BCUT2D eigenvalue weighted by atomic mass is 32.2. The van der Waals surface area contributed by atoms with Gasteiger partial charge in [-0.05, 0) is 44.0 Å². The third-order valence-electron chi connectivity index (χ3n) is 5.50. The molecule has 7 nitrogen and oxygen atoms in total. The monoisotopic (exact) mass is 513 g/mol. The number of nitrogens with one attached hydrogen (secondary N) is 1. The molecule has 0 radical (unpaired) electrons. The Morgan fingerprint density at radius 2 is 1.66 bits per heavy atom. The van der Waals surface area contributed by atoms with E-state index >= 15 is 0 Å². The first-order valence-corrected chi connectivity index (χ1v) is 12.9. The van der Waals surface area contributed by atoms with Crippen LogP contribution in [0.1, 0.15) is 38.3 Å². The van der Waals surface area contributed by atoms with E-state index < -0.39 is 46.2 Å². The standard InChI is InChI=1S/C24H30F3N3O4S/c1-5-17(2)28-23(32)18(3)29(15-19-10-7-6-8-11-19)22(31)16-30(35(4,33)34)21-13-9-12-20(14-21)24(25,26)27/h6-14,17-18H,5,15-16H2,1-4H3,(H,28,32)/t17-,18-/m1/s1. The van der Waals surface area contributed by atoms with Crippen LogP contribution in [0.15, 0.2) is 54.6 Å². The van der Waals surface area contributed by atoms with E-state index in [1.54, 1.807) is 30.3 Å². The average molecular weight is 514 g/mol. The van der Waals surface area contributed by atoms with Gasteiger partial charge in [0.05, 0.1) is 17.5 Å². The summed E-state index contributed by atoms with van der Waals surface area (Å²) in [4.78, 5) is 27.4. The van der Waals surface area contributed by atoms with Crippen molar-refractivity contribution in [3.05, 3.63) is 65.7 Å². The SMILES string of the molecule is CC[C@@H](C)NC(=O)[C@@H](C)N(Cc1ccccc1)C(=O)CN(c1cccc(C(F)(F)F)c1)S(C)(=O)=O. The Kier molecular flexibility index (Phi) is 9.31. The van der Waals surface area contributed by atoms with E-state index in [1.165, 1.54) is 17.9 Å². The van der Waals surface area contributed by atoms with Crippen LogP contribution in [-0.4, -0.2) is 50.0 Å². The number of carbonyl (C=O) groups excluding carboxylic acids is 2. The van der Waals surface area contributed by atoms with Gasteiger partial charge in [0.2, 0.25) is 21.8 Å². The Morgan fingerprint density at radius 1 is 1.03 bits per heavy atom. The number of benzene rings is 2. The summed E-state index contributed by atoms with van der Waals surface area (Å²) >= 11 is 0. The zero-order valence-corrected chi connectivity index (χ0v) is 20.9. The van der Waals surface area contributed by atoms with Crippen molar-refractivity contribution < 1.29 is 31.2 Å². The van der Waals surface area contributed by atoms with Gasteiger partial charge in [-0.15, -0.1) is 0 Å². The van der Waals surface area contributed by atoms with E-state index in [-0.39, 0.29) is 18.3 Å². The van der Waals surface area contributed by atoms with Gasteiger partial charge < -0.3 is 10.2 Å². The minimum atomic E-state index is -4.69. The summed E-state index contributed by atoms with van der Waals surface area (Å²) < 4.78 is 65.2. The highest BCUT2D eigenvalue weighted by Gasteiger charge is 2.33. The lowest BCUT2D eigenvalue weighted by molar-refractivity contribution is -0.139. The van der Waals surface area contributed by atoms with Crippen molar-refractivity contribution in [3.63, 3.8) is 0 Å². The lowest BCUT2D eigenvalue weighted by Crippen LogP contribution is -2.52. The molecule has 0 aliphatic heterocycles. The molecular weight excluding hydrogens is 483 g/mol. The quantitative estimate of drug-likeness (QED) is 0.524. The fourth-order valence-corrected chi connectivity index (χ4v) is 4.12. The zero-order valence-electron chi connectivity index (χ0n) is 20.0. The Balaban J connectivity index is 2.41. The maximum Gasteiger partial charge on any atom is 0.416 e. The van der Waals surface area contributed by atoms with Crippen LogP contribution in [0.2, 0.25) is 0 Å². The Hall–Kier alpha value is -3.08. The smallest absolute Gasteiger partial charge is 0.352 e. The van der Waals surface area contributed by atoms with E-state index in [2.05, 4.69) is 5.32 Å². The number of amides is 2. The van der Waals surface area contributed by atoms with Gasteiger partial charge in [0.1, 0.15) is 12.6 Å². The summed E-state index contributed by atoms with van der Waals surface area (Å²) in [6, 6.07) is 11.4. The van der Waals surface area contributed by atoms with Gasteiger partial charge in [0.15, 0.2) is 0 Å². The number of hydrogen-bond donors (Lipinski definition) is 1. The van der Waals surface area contributed by atoms with E-state index in [0.29, 0.717) is 22.4 Å². The van der Waals surface area contributed by atoms with E-state index in [9.17, 15) is 31.2 Å². The topological polar surface area (TPSA) is 86.8 Å². The molecule has 2 aromatic rings. The number of sulfonamides is 1. The van der Waals surface area contributed by atoms with Crippen LogP contribution in [-0.2, 0) is 32.3 Å². The van der Waals surface area contributed by atoms with E-state index in [0.717, 1.165) is 18.4 Å². The Morgan fingerprint density at radius 3 is 2.20 bits per heavy atom. The van der Waals surface area contributed by atoms with E-state index in [1.807, 2.05) is 13.8 Å². The predicted octanol–water partition coefficient (Wildman–Crippen LogP) is 3.80. The van der Waals surface area contributed by atoms with Crippen molar-refractivity contribution in [1.29, 1.82) is 0 Å². The van der Waals surface area contributed by atoms with Crippen molar-refractivity contribution in [1.82, 2.24) is 10.2 Å². The lowest BCUT2D eigenvalue weighted by Gasteiger charge is -2.32. The Labute approximate surface area is 204 Å². The average Bonchev–Trinajstić information content (AvgIpc) is 2.79. The van der Waals surface area contributed by atoms with Gasteiger partial charge in [-0.25, -0.2) is 8.42 Å². The largest absolute Gasteiger partial charge is 0.416 e. The second-order valence-corrected chi connectivity index (χ2v) is 10.2. The van der Waals surface area contributed by atoms with Gasteiger partial charge >= 0.3 is 6.18 Å². The molecule has 0 fully saturated rings. The molecule has 11 heteroatoms. The molecule has 2 rings (SSSR count). The van der Waals surface area contributed by atoms with E-state index in [4.69, 9.17) is 0 Å². The highest BCUT2D eigenvalue weighted by Crippen LogP contribution is 2.32. The minimum Gasteiger partial charge on any atom is -0.352 e.